The molecule has 2 fully saturated rings. The quantitative estimate of drug-likeness (QED) is 0.909. The Kier molecular flexibility index (Phi) is 5.02. The van der Waals surface area contributed by atoms with Crippen molar-refractivity contribution in [2.45, 2.75) is 25.3 Å². The average Bonchev–Trinajstić information content (AvgIpc) is 2.74. The zero-order valence-corrected chi connectivity index (χ0v) is 16.0. The van der Waals surface area contributed by atoms with E-state index in [0.717, 1.165) is 42.5 Å². The Labute approximate surface area is 161 Å². The molecular formula is C23H28N2O2. The van der Waals surface area contributed by atoms with Gasteiger partial charge in [-0.2, -0.15) is 0 Å². The molecule has 2 aliphatic heterocycles. The number of rotatable bonds is 3. The van der Waals surface area contributed by atoms with Crippen molar-refractivity contribution in [3.63, 3.8) is 0 Å². The van der Waals surface area contributed by atoms with E-state index in [2.05, 4.69) is 11.9 Å². The van der Waals surface area contributed by atoms with Gasteiger partial charge in [0.1, 0.15) is 0 Å². The standard InChI is InChI=1S/C23H28N2O2/c1-24-14-7-12-23(17-26)13-15-25(16-21(23)24)22(27)20-11-6-5-10-19(20)18-8-3-2-4-9-18/h2-6,8-11,21,26H,7,12-17H2,1H3/t21-,23-/m1/s1. The smallest absolute Gasteiger partial charge is 0.254 e. The van der Waals surface area contributed by atoms with Crippen molar-refractivity contribution in [1.29, 1.82) is 0 Å². The summed E-state index contributed by atoms with van der Waals surface area (Å²) in [4.78, 5) is 17.7. The maximum absolute atomic E-state index is 13.4. The average molecular weight is 364 g/mol. The summed E-state index contributed by atoms with van der Waals surface area (Å²) in [6, 6.07) is 18.2. The van der Waals surface area contributed by atoms with E-state index in [1.54, 1.807) is 0 Å². The van der Waals surface area contributed by atoms with Crippen LogP contribution in [0.4, 0.5) is 0 Å². The number of nitrogens with zero attached hydrogens (tertiary/aromatic N) is 2. The number of fused-ring (bicyclic) bond motifs is 1. The summed E-state index contributed by atoms with van der Waals surface area (Å²) >= 11 is 0. The predicted molar refractivity (Wildman–Crippen MR) is 108 cm³/mol. The Hall–Kier alpha value is -2.17. The number of hydrogen-bond donors (Lipinski definition) is 1. The van der Waals surface area contributed by atoms with Crippen LogP contribution in [-0.2, 0) is 0 Å². The zero-order valence-electron chi connectivity index (χ0n) is 16.0. The molecule has 2 saturated heterocycles. The van der Waals surface area contributed by atoms with Gasteiger partial charge in [0.2, 0.25) is 0 Å². The lowest BCUT2D eigenvalue weighted by atomic mass is 9.69. The molecule has 4 nitrogen and oxygen atoms in total. The van der Waals surface area contributed by atoms with Crippen LogP contribution in [0.25, 0.3) is 11.1 Å². The molecule has 0 aromatic heterocycles. The SMILES string of the molecule is CN1CCC[C@]2(CO)CCN(C(=O)c3ccccc3-c3ccccc3)C[C@@H]12. The lowest BCUT2D eigenvalue weighted by Gasteiger charge is -2.53. The number of amides is 1. The van der Waals surface area contributed by atoms with Gasteiger partial charge in [0, 0.05) is 30.1 Å². The molecule has 2 heterocycles. The van der Waals surface area contributed by atoms with Crippen LogP contribution in [0.1, 0.15) is 29.6 Å². The topological polar surface area (TPSA) is 43.8 Å². The molecule has 2 atom stereocenters. The van der Waals surface area contributed by atoms with Gasteiger partial charge in [0.25, 0.3) is 5.91 Å². The molecule has 0 spiro atoms. The summed E-state index contributed by atoms with van der Waals surface area (Å²) in [6.45, 7) is 2.66. The summed E-state index contributed by atoms with van der Waals surface area (Å²) in [6.07, 6.45) is 3.05. The van der Waals surface area contributed by atoms with Crippen LogP contribution < -0.4 is 0 Å². The molecule has 1 amide bonds. The minimum atomic E-state index is -0.0528. The van der Waals surface area contributed by atoms with E-state index >= 15 is 0 Å². The van der Waals surface area contributed by atoms with Crippen molar-refractivity contribution in [2.75, 3.05) is 33.3 Å². The molecule has 4 rings (SSSR count). The monoisotopic (exact) mass is 364 g/mol. The number of benzene rings is 2. The molecule has 27 heavy (non-hydrogen) atoms. The van der Waals surface area contributed by atoms with Crippen molar-refractivity contribution in [3.05, 3.63) is 60.2 Å². The van der Waals surface area contributed by atoms with E-state index in [1.807, 2.05) is 59.5 Å². The van der Waals surface area contributed by atoms with Gasteiger partial charge in [0.15, 0.2) is 0 Å². The predicted octanol–water partition coefficient (Wildman–Crippen LogP) is 3.27. The number of carbonyl (C=O) groups excluding carboxylic acids is 1. The van der Waals surface area contributed by atoms with Gasteiger partial charge in [-0.25, -0.2) is 0 Å². The van der Waals surface area contributed by atoms with Crippen LogP contribution in [0.3, 0.4) is 0 Å². The summed E-state index contributed by atoms with van der Waals surface area (Å²) < 4.78 is 0. The van der Waals surface area contributed by atoms with Gasteiger partial charge in [-0.15, -0.1) is 0 Å². The Morgan fingerprint density at radius 2 is 1.81 bits per heavy atom. The molecular weight excluding hydrogens is 336 g/mol. The third kappa shape index (κ3) is 3.28. The van der Waals surface area contributed by atoms with Gasteiger partial charge >= 0.3 is 0 Å². The number of piperidine rings is 2. The summed E-state index contributed by atoms with van der Waals surface area (Å²) in [5.41, 5.74) is 2.76. The maximum Gasteiger partial charge on any atom is 0.254 e. The molecule has 2 aromatic rings. The van der Waals surface area contributed by atoms with E-state index in [4.69, 9.17) is 0 Å². The molecule has 0 bridgehead atoms. The number of likely N-dealkylation sites (N-methyl/N-ethyl adjacent to an activating group) is 1. The zero-order chi connectivity index (χ0) is 18.9. The minimum Gasteiger partial charge on any atom is -0.396 e. The molecule has 2 aromatic carbocycles. The van der Waals surface area contributed by atoms with Crippen LogP contribution in [0, 0.1) is 5.41 Å². The minimum absolute atomic E-state index is 0.0528. The highest BCUT2D eigenvalue weighted by Gasteiger charge is 2.47. The Bertz CT molecular complexity index is 807. The molecule has 0 aliphatic carbocycles. The van der Waals surface area contributed by atoms with E-state index in [-0.39, 0.29) is 24.0 Å². The summed E-state index contributed by atoms with van der Waals surface area (Å²) in [5, 5.41) is 10.1. The second-order valence-corrected chi connectivity index (χ2v) is 8.03. The normalized spacial score (nSPS) is 25.9. The fourth-order valence-corrected chi connectivity index (χ4v) is 4.91. The lowest BCUT2D eigenvalue weighted by molar-refractivity contribution is -0.0601. The van der Waals surface area contributed by atoms with Crippen LogP contribution in [0.5, 0.6) is 0 Å². The van der Waals surface area contributed by atoms with Crippen LogP contribution >= 0.6 is 0 Å². The fourth-order valence-electron chi connectivity index (χ4n) is 4.91. The van der Waals surface area contributed by atoms with Gasteiger partial charge in [-0.1, -0.05) is 48.5 Å². The molecule has 0 saturated carbocycles. The highest BCUT2D eigenvalue weighted by atomic mass is 16.3. The molecule has 142 valence electrons. The summed E-state index contributed by atoms with van der Waals surface area (Å²) in [7, 11) is 2.13. The molecule has 1 N–H and O–H groups in total. The molecule has 0 unspecified atom stereocenters. The second-order valence-electron chi connectivity index (χ2n) is 8.03. The molecule has 4 heteroatoms. The lowest BCUT2D eigenvalue weighted by Crippen LogP contribution is -2.62. The largest absolute Gasteiger partial charge is 0.396 e. The Morgan fingerprint density at radius 3 is 2.59 bits per heavy atom. The first-order valence-corrected chi connectivity index (χ1v) is 9.89. The van der Waals surface area contributed by atoms with Crippen molar-refractivity contribution in [2.24, 2.45) is 5.41 Å². The fraction of sp³-hybridized carbons (Fsp3) is 0.435. The van der Waals surface area contributed by atoms with Crippen molar-refractivity contribution in [1.82, 2.24) is 9.80 Å². The number of hydrogen-bond acceptors (Lipinski definition) is 3. The van der Waals surface area contributed by atoms with Gasteiger partial charge in [-0.05, 0) is 50.0 Å². The highest BCUT2D eigenvalue weighted by molar-refractivity contribution is 6.01. The maximum atomic E-state index is 13.4. The third-order valence-corrected chi connectivity index (χ3v) is 6.54. The van der Waals surface area contributed by atoms with E-state index in [0.29, 0.717) is 13.1 Å². The summed E-state index contributed by atoms with van der Waals surface area (Å²) in [5.74, 6) is 0.0972. The first kappa shape index (κ1) is 18.2. The first-order valence-electron chi connectivity index (χ1n) is 9.89. The van der Waals surface area contributed by atoms with Crippen LogP contribution in [0.2, 0.25) is 0 Å². The first-order chi connectivity index (χ1) is 13.1. The molecule has 0 radical (unpaired) electrons. The van der Waals surface area contributed by atoms with Gasteiger partial charge < -0.3 is 14.9 Å². The van der Waals surface area contributed by atoms with E-state index < -0.39 is 0 Å². The van der Waals surface area contributed by atoms with E-state index in [9.17, 15) is 9.90 Å². The number of aliphatic hydroxyl groups is 1. The molecule has 2 aliphatic rings. The van der Waals surface area contributed by atoms with Crippen LogP contribution in [0.15, 0.2) is 54.6 Å². The van der Waals surface area contributed by atoms with E-state index in [1.165, 1.54) is 0 Å². The Balaban J connectivity index is 1.62. The third-order valence-electron chi connectivity index (χ3n) is 6.54. The second kappa shape index (κ2) is 7.45. The highest BCUT2D eigenvalue weighted by Crippen LogP contribution is 2.42. The Morgan fingerprint density at radius 1 is 1.07 bits per heavy atom. The number of likely N-dealkylation sites (tertiary alicyclic amines) is 2. The van der Waals surface area contributed by atoms with Crippen molar-refractivity contribution < 1.29 is 9.90 Å². The van der Waals surface area contributed by atoms with Gasteiger partial charge in [0.05, 0.1) is 6.61 Å². The van der Waals surface area contributed by atoms with Crippen molar-refractivity contribution >= 4 is 5.91 Å². The number of carbonyl (C=O) groups is 1. The van der Waals surface area contributed by atoms with Gasteiger partial charge in [-0.3, -0.25) is 4.79 Å². The number of aliphatic hydroxyl groups excluding tert-OH is 1. The van der Waals surface area contributed by atoms with Crippen molar-refractivity contribution in [3.8, 4) is 11.1 Å². The van der Waals surface area contributed by atoms with Crippen LogP contribution in [-0.4, -0.2) is 60.1 Å².